The van der Waals surface area contributed by atoms with Gasteiger partial charge in [0.15, 0.2) is 5.78 Å². The maximum Gasteiger partial charge on any atom is 0.163 e. The number of hydrogen-bond donors (Lipinski definition) is 0. The Morgan fingerprint density at radius 3 is 2.79 bits per heavy atom. The van der Waals surface area contributed by atoms with E-state index >= 15 is 0 Å². The van der Waals surface area contributed by atoms with Crippen LogP contribution in [-0.4, -0.2) is 5.78 Å². The molecule has 0 saturated heterocycles. The average Bonchev–Trinajstić information content (AvgIpc) is 2.93. The quantitative estimate of drug-likeness (QED) is 0.758. The average molecular weight is 274 g/mol. The van der Waals surface area contributed by atoms with Crippen LogP contribution in [0.1, 0.15) is 29.6 Å². The van der Waals surface area contributed by atoms with E-state index in [-0.39, 0.29) is 5.78 Å². The van der Waals surface area contributed by atoms with Crippen LogP contribution >= 0.6 is 27.5 Å². The van der Waals surface area contributed by atoms with Crippen molar-refractivity contribution in [3.8, 4) is 0 Å². The molecule has 74 valence electrons. The number of rotatable bonds is 3. The van der Waals surface area contributed by atoms with Gasteiger partial charge in [0.25, 0.3) is 0 Å². The van der Waals surface area contributed by atoms with Crippen molar-refractivity contribution in [3.05, 3.63) is 33.3 Å². The van der Waals surface area contributed by atoms with Crippen molar-refractivity contribution in [2.24, 2.45) is 5.92 Å². The summed E-state index contributed by atoms with van der Waals surface area (Å²) in [5.41, 5.74) is 0.758. The summed E-state index contributed by atoms with van der Waals surface area (Å²) in [5, 5.41) is 0.646. The van der Waals surface area contributed by atoms with Gasteiger partial charge in [0.05, 0.1) is 5.02 Å². The Morgan fingerprint density at radius 2 is 2.21 bits per heavy atom. The van der Waals surface area contributed by atoms with E-state index in [4.69, 9.17) is 11.6 Å². The molecule has 1 aliphatic rings. The van der Waals surface area contributed by atoms with Gasteiger partial charge in [-0.25, -0.2) is 0 Å². The number of halogens is 2. The van der Waals surface area contributed by atoms with Crippen molar-refractivity contribution in [2.75, 3.05) is 0 Å². The minimum absolute atomic E-state index is 0.227. The zero-order chi connectivity index (χ0) is 10.1. The summed E-state index contributed by atoms with van der Waals surface area (Å²) in [5.74, 6) is 0.863. The highest BCUT2D eigenvalue weighted by atomic mass is 79.9. The molecule has 0 aliphatic heterocycles. The SMILES string of the molecule is O=C(CC1CC1)c1ccc(Cl)c(Br)c1. The molecule has 1 aromatic rings. The van der Waals surface area contributed by atoms with E-state index in [1.807, 2.05) is 0 Å². The molecule has 0 radical (unpaired) electrons. The van der Waals surface area contributed by atoms with Crippen molar-refractivity contribution in [1.29, 1.82) is 0 Å². The van der Waals surface area contributed by atoms with Gasteiger partial charge >= 0.3 is 0 Å². The first-order valence-corrected chi connectivity index (χ1v) is 5.82. The molecule has 14 heavy (non-hydrogen) atoms. The van der Waals surface area contributed by atoms with Gasteiger partial charge in [-0.2, -0.15) is 0 Å². The summed E-state index contributed by atoms with van der Waals surface area (Å²) in [6.07, 6.45) is 3.11. The summed E-state index contributed by atoms with van der Waals surface area (Å²) < 4.78 is 0.792. The monoisotopic (exact) mass is 272 g/mol. The van der Waals surface area contributed by atoms with Crippen LogP contribution in [0.2, 0.25) is 5.02 Å². The van der Waals surface area contributed by atoms with E-state index in [9.17, 15) is 4.79 Å². The van der Waals surface area contributed by atoms with E-state index in [0.717, 1.165) is 10.0 Å². The third-order valence-electron chi connectivity index (χ3n) is 2.41. The first kappa shape index (κ1) is 10.2. The number of carbonyl (C=O) groups excluding carboxylic acids is 1. The van der Waals surface area contributed by atoms with E-state index in [1.165, 1.54) is 12.8 Å². The van der Waals surface area contributed by atoms with Gasteiger partial charge in [0.1, 0.15) is 0 Å². The van der Waals surface area contributed by atoms with Crippen molar-refractivity contribution in [1.82, 2.24) is 0 Å². The Kier molecular flexibility index (Phi) is 2.93. The lowest BCUT2D eigenvalue weighted by Gasteiger charge is -2.01. The zero-order valence-corrected chi connectivity index (χ0v) is 9.94. The topological polar surface area (TPSA) is 17.1 Å². The smallest absolute Gasteiger partial charge is 0.163 e. The maximum absolute atomic E-state index is 11.7. The fourth-order valence-electron chi connectivity index (χ4n) is 1.37. The third-order valence-corrected chi connectivity index (χ3v) is 3.63. The standard InChI is InChI=1S/C11H10BrClO/c12-9-6-8(3-4-10(9)13)11(14)5-7-1-2-7/h3-4,6-7H,1-2,5H2. The van der Waals surface area contributed by atoms with Crippen LogP contribution in [0.5, 0.6) is 0 Å². The van der Waals surface area contributed by atoms with E-state index in [0.29, 0.717) is 17.4 Å². The fraction of sp³-hybridized carbons (Fsp3) is 0.364. The number of hydrogen-bond acceptors (Lipinski definition) is 1. The molecule has 0 N–H and O–H groups in total. The van der Waals surface area contributed by atoms with Gasteiger partial charge in [-0.15, -0.1) is 0 Å². The second-order valence-electron chi connectivity index (χ2n) is 3.70. The molecule has 3 heteroatoms. The second-order valence-corrected chi connectivity index (χ2v) is 4.96. The molecule has 0 amide bonds. The molecule has 0 atom stereocenters. The largest absolute Gasteiger partial charge is 0.294 e. The molecule has 0 heterocycles. The van der Waals surface area contributed by atoms with Gasteiger partial charge in [-0.05, 0) is 52.9 Å². The number of ketones is 1. The van der Waals surface area contributed by atoms with Crippen molar-refractivity contribution >= 4 is 33.3 Å². The molecular formula is C11H10BrClO. The third kappa shape index (κ3) is 2.37. The van der Waals surface area contributed by atoms with Crippen LogP contribution in [0.3, 0.4) is 0 Å². The Labute approximate surface area is 96.6 Å². The number of Topliss-reactive ketones (excluding diaryl/α,β-unsaturated/α-hetero) is 1. The number of benzene rings is 1. The molecule has 0 spiro atoms. The molecule has 1 fully saturated rings. The van der Waals surface area contributed by atoms with Crippen LogP contribution in [0.25, 0.3) is 0 Å². The van der Waals surface area contributed by atoms with Crippen LogP contribution in [-0.2, 0) is 0 Å². The lowest BCUT2D eigenvalue weighted by Crippen LogP contribution is -1.99. The van der Waals surface area contributed by atoms with E-state index < -0.39 is 0 Å². The zero-order valence-electron chi connectivity index (χ0n) is 7.59. The molecule has 2 rings (SSSR count). The predicted octanol–water partition coefficient (Wildman–Crippen LogP) is 4.09. The summed E-state index contributed by atoms with van der Waals surface area (Å²) >= 11 is 9.16. The summed E-state index contributed by atoms with van der Waals surface area (Å²) in [4.78, 5) is 11.7. The first-order chi connectivity index (χ1) is 6.66. The van der Waals surface area contributed by atoms with Gasteiger partial charge in [0.2, 0.25) is 0 Å². The molecule has 0 bridgehead atoms. The molecule has 0 aromatic heterocycles. The molecule has 1 saturated carbocycles. The summed E-state index contributed by atoms with van der Waals surface area (Å²) in [6, 6.07) is 5.34. The van der Waals surface area contributed by atoms with E-state index in [2.05, 4.69) is 15.9 Å². The second kappa shape index (κ2) is 4.03. The first-order valence-electron chi connectivity index (χ1n) is 4.65. The fourth-order valence-corrected chi connectivity index (χ4v) is 1.87. The summed E-state index contributed by atoms with van der Waals surface area (Å²) in [6.45, 7) is 0. The lowest BCUT2D eigenvalue weighted by molar-refractivity contribution is 0.0976. The highest BCUT2D eigenvalue weighted by molar-refractivity contribution is 9.10. The molecule has 1 aromatic carbocycles. The van der Waals surface area contributed by atoms with Gasteiger partial charge in [0, 0.05) is 16.5 Å². The van der Waals surface area contributed by atoms with Crippen LogP contribution < -0.4 is 0 Å². The molecule has 0 unspecified atom stereocenters. The minimum Gasteiger partial charge on any atom is -0.294 e. The van der Waals surface area contributed by atoms with E-state index in [1.54, 1.807) is 18.2 Å². The molecule has 1 nitrogen and oxygen atoms in total. The highest BCUT2D eigenvalue weighted by Crippen LogP contribution is 2.34. The van der Waals surface area contributed by atoms with Crippen LogP contribution in [0.15, 0.2) is 22.7 Å². The predicted molar refractivity (Wildman–Crippen MR) is 60.8 cm³/mol. The van der Waals surface area contributed by atoms with Gasteiger partial charge in [-0.1, -0.05) is 11.6 Å². The Bertz CT molecular complexity index is 372. The van der Waals surface area contributed by atoms with Crippen LogP contribution in [0, 0.1) is 5.92 Å². The normalized spacial score (nSPS) is 15.6. The van der Waals surface area contributed by atoms with Crippen molar-refractivity contribution in [2.45, 2.75) is 19.3 Å². The Balaban J connectivity index is 2.14. The Morgan fingerprint density at radius 1 is 1.50 bits per heavy atom. The Hall–Kier alpha value is -0.340. The van der Waals surface area contributed by atoms with Crippen molar-refractivity contribution < 1.29 is 4.79 Å². The maximum atomic E-state index is 11.7. The van der Waals surface area contributed by atoms with Gasteiger partial charge < -0.3 is 0 Å². The summed E-state index contributed by atoms with van der Waals surface area (Å²) in [7, 11) is 0. The lowest BCUT2D eigenvalue weighted by atomic mass is 10.1. The number of carbonyl (C=O) groups is 1. The van der Waals surface area contributed by atoms with Crippen LogP contribution in [0.4, 0.5) is 0 Å². The van der Waals surface area contributed by atoms with Gasteiger partial charge in [-0.3, -0.25) is 4.79 Å². The molecular weight excluding hydrogens is 263 g/mol. The molecule has 1 aliphatic carbocycles. The highest BCUT2D eigenvalue weighted by Gasteiger charge is 2.24. The van der Waals surface area contributed by atoms with Crippen molar-refractivity contribution in [3.63, 3.8) is 0 Å². The minimum atomic E-state index is 0.227.